The summed E-state index contributed by atoms with van der Waals surface area (Å²) in [6.45, 7) is 3.52. The molecule has 8 nitrogen and oxygen atoms in total. The first kappa shape index (κ1) is 48.8. The van der Waals surface area contributed by atoms with Gasteiger partial charge in [0.1, 0.15) is 6.61 Å². The van der Waals surface area contributed by atoms with Crippen molar-refractivity contribution in [2.45, 2.75) is 180 Å². The second-order valence-electron chi connectivity index (χ2n) is 13.2. The van der Waals surface area contributed by atoms with Crippen LogP contribution < -0.4 is 0 Å². The first-order valence-corrected chi connectivity index (χ1v) is 21.6. The summed E-state index contributed by atoms with van der Waals surface area (Å²) in [5.74, 6) is -0.952. The Balaban J connectivity index is 4.03. The first-order chi connectivity index (χ1) is 24.8. The van der Waals surface area contributed by atoms with Crippen molar-refractivity contribution in [3.8, 4) is 0 Å². The normalized spacial score (nSPS) is 13.1. The van der Waals surface area contributed by atoms with Crippen LogP contribution in [0.5, 0.6) is 0 Å². The Morgan fingerprint density at radius 1 is 0.529 bits per heavy atom. The second-order valence-corrected chi connectivity index (χ2v) is 14.5. The minimum atomic E-state index is -4.77. The predicted octanol–water partition coefficient (Wildman–Crippen LogP) is 12.1. The molecule has 0 rings (SSSR count). The molecule has 2 N–H and O–H groups in total. The number of hydrogen-bond donors (Lipinski definition) is 2. The summed E-state index contributed by atoms with van der Waals surface area (Å²) in [6, 6.07) is 0. The van der Waals surface area contributed by atoms with E-state index in [0.717, 1.165) is 57.8 Å². The molecule has 0 saturated heterocycles. The zero-order valence-corrected chi connectivity index (χ0v) is 33.1. The summed E-state index contributed by atoms with van der Waals surface area (Å²) in [6.07, 6.45) is 46.6. The summed E-state index contributed by atoms with van der Waals surface area (Å²) in [5, 5.41) is 0. The van der Waals surface area contributed by atoms with Gasteiger partial charge >= 0.3 is 19.8 Å². The fraction of sp³-hybridized carbons (Fsp3) is 0.714. The maximum atomic E-state index is 12.4. The molecule has 0 saturated carbocycles. The minimum Gasteiger partial charge on any atom is -0.462 e. The van der Waals surface area contributed by atoms with E-state index in [9.17, 15) is 14.2 Å². The molecule has 0 heterocycles. The van der Waals surface area contributed by atoms with Gasteiger partial charge in [-0.3, -0.25) is 14.1 Å². The van der Waals surface area contributed by atoms with Crippen molar-refractivity contribution in [3.05, 3.63) is 60.8 Å². The zero-order chi connectivity index (χ0) is 37.5. The lowest BCUT2D eigenvalue weighted by atomic mass is 10.0. The third-order valence-corrected chi connectivity index (χ3v) is 8.79. The number of esters is 2. The molecule has 0 aromatic carbocycles. The van der Waals surface area contributed by atoms with Gasteiger partial charge in [-0.15, -0.1) is 0 Å². The highest BCUT2D eigenvalue weighted by atomic mass is 31.2. The topological polar surface area (TPSA) is 119 Å². The lowest BCUT2D eigenvalue weighted by Gasteiger charge is -2.18. The lowest BCUT2D eigenvalue weighted by molar-refractivity contribution is -0.161. The number of unbranched alkanes of at least 4 members (excludes halogenated alkanes) is 16. The molecular formula is C42H73O8P. The van der Waals surface area contributed by atoms with Gasteiger partial charge < -0.3 is 19.3 Å². The summed E-state index contributed by atoms with van der Waals surface area (Å²) in [4.78, 5) is 42.8. The van der Waals surface area contributed by atoms with Gasteiger partial charge in [-0.1, -0.05) is 171 Å². The highest BCUT2D eigenvalue weighted by molar-refractivity contribution is 7.46. The fourth-order valence-electron chi connectivity index (χ4n) is 5.35. The molecule has 294 valence electrons. The number of rotatable bonds is 36. The van der Waals surface area contributed by atoms with Crippen LogP contribution in [0.4, 0.5) is 0 Å². The van der Waals surface area contributed by atoms with Gasteiger partial charge in [0.2, 0.25) is 0 Å². The maximum absolute atomic E-state index is 12.4. The number of carbonyl (C=O) groups is 2. The monoisotopic (exact) mass is 737 g/mol. The molecule has 51 heavy (non-hydrogen) atoms. The maximum Gasteiger partial charge on any atom is 0.469 e. The molecule has 0 aromatic rings. The average molecular weight is 737 g/mol. The largest absolute Gasteiger partial charge is 0.469 e. The average Bonchev–Trinajstić information content (AvgIpc) is 3.10. The Morgan fingerprint density at radius 2 is 0.941 bits per heavy atom. The van der Waals surface area contributed by atoms with Gasteiger partial charge in [0.25, 0.3) is 0 Å². The van der Waals surface area contributed by atoms with E-state index in [1.165, 1.54) is 77.0 Å². The Bertz CT molecular complexity index is 1010. The van der Waals surface area contributed by atoms with Gasteiger partial charge in [-0.05, 0) is 51.4 Å². The number of hydrogen-bond acceptors (Lipinski definition) is 6. The van der Waals surface area contributed by atoms with E-state index in [4.69, 9.17) is 19.3 Å². The van der Waals surface area contributed by atoms with Crippen LogP contribution in [0.15, 0.2) is 60.8 Å². The van der Waals surface area contributed by atoms with Crippen molar-refractivity contribution in [1.29, 1.82) is 0 Å². The molecule has 9 heteroatoms. The number of allylic oxidation sites excluding steroid dienone is 10. The summed E-state index contributed by atoms with van der Waals surface area (Å²) < 4.78 is 26.3. The molecule has 0 aromatic heterocycles. The number of phosphoric acid groups is 1. The summed E-state index contributed by atoms with van der Waals surface area (Å²) in [7, 11) is -4.77. The number of phosphoric ester groups is 1. The Kier molecular flexibility index (Phi) is 35.9. The van der Waals surface area contributed by atoms with Gasteiger partial charge in [-0.25, -0.2) is 4.57 Å². The van der Waals surface area contributed by atoms with Crippen LogP contribution in [0.2, 0.25) is 0 Å². The van der Waals surface area contributed by atoms with E-state index in [2.05, 4.69) is 73.1 Å². The van der Waals surface area contributed by atoms with Gasteiger partial charge in [0, 0.05) is 12.8 Å². The van der Waals surface area contributed by atoms with Crippen LogP contribution in [0.1, 0.15) is 174 Å². The van der Waals surface area contributed by atoms with E-state index >= 15 is 0 Å². The standard InChI is InChI=1S/C42H73O8P/c1-3-5-7-9-11-13-15-17-19-21-23-24-26-28-30-32-34-36-41(43)48-38-40(39-49-51(45,46)47)50-42(44)37-35-33-31-29-27-25-22-20-18-16-14-12-10-8-6-4-2/h5,7,11,13,17,19,23-24,28,30,40H,3-4,6,8-10,12,14-16,18,20-22,25-27,29,31-39H2,1-2H3,(H2,45,46,47)/b7-5-,13-11-,19-17-,24-23-,30-28-/t40-/m1/s1. The molecule has 0 spiro atoms. The van der Waals surface area contributed by atoms with Crippen LogP contribution in [-0.4, -0.2) is 41.0 Å². The van der Waals surface area contributed by atoms with E-state index in [-0.39, 0.29) is 19.4 Å². The third kappa shape index (κ3) is 40.4. The molecule has 0 aliphatic carbocycles. The first-order valence-electron chi connectivity index (χ1n) is 20.1. The molecule has 0 bridgehead atoms. The van der Waals surface area contributed by atoms with Crippen molar-refractivity contribution >= 4 is 19.8 Å². The van der Waals surface area contributed by atoms with Gasteiger partial charge in [0.15, 0.2) is 6.10 Å². The van der Waals surface area contributed by atoms with E-state index in [1.54, 1.807) is 0 Å². The molecule has 0 amide bonds. The van der Waals surface area contributed by atoms with E-state index in [1.807, 2.05) is 6.08 Å². The quantitative estimate of drug-likeness (QED) is 0.0282. The van der Waals surface area contributed by atoms with Crippen molar-refractivity contribution in [3.63, 3.8) is 0 Å². The fourth-order valence-corrected chi connectivity index (χ4v) is 5.71. The molecule has 0 fully saturated rings. The van der Waals surface area contributed by atoms with Gasteiger partial charge in [-0.2, -0.15) is 0 Å². The molecule has 0 aliphatic heterocycles. The van der Waals surface area contributed by atoms with Crippen LogP contribution in [0.3, 0.4) is 0 Å². The Hall–Kier alpha value is -2.25. The van der Waals surface area contributed by atoms with Crippen LogP contribution in [0, 0.1) is 0 Å². The Labute approximate surface area is 311 Å². The molecular weight excluding hydrogens is 663 g/mol. The molecule has 1 atom stereocenters. The van der Waals surface area contributed by atoms with Crippen molar-refractivity contribution < 1.29 is 37.9 Å². The van der Waals surface area contributed by atoms with Crippen LogP contribution in [-0.2, 0) is 28.2 Å². The summed E-state index contributed by atoms with van der Waals surface area (Å²) in [5.41, 5.74) is 0. The highest BCUT2D eigenvalue weighted by Crippen LogP contribution is 2.36. The van der Waals surface area contributed by atoms with E-state index in [0.29, 0.717) is 12.8 Å². The van der Waals surface area contributed by atoms with Crippen LogP contribution in [0.25, 0.3) is 0 Å². The highest BCUT2D eigenvalue weighted by Gasteiger charge is 2.22. The van der Waals surface area contributed by atoms with Crippen molar-refractivity contribution in [1.82, 2.24) is 0 Å². The Morgan fingerprint density at radius 3 is 1.39 bits per heavy atom. The molecule has 0 aliphatic rings. The minimum absolute atomic E-state index is 0.188. The third-order valence-electron chi connectivity index (χ3n) is 8.30. The smallest absolute Gasteiger partial charge is 0.462 e. The zero-order valence-electron chi connectivity index (χ0n) is 32.2. The van der Waals surface area contributed by atoms with Crippen LogP contribution >= 0.6 is 7.82 Å². The molecule has 0 unspecified atom stereocenters. The molecule has 0 radical (unpaired) electrons. The predicted molar refractivity (Wildman–Crippen MR) is 211 cm³/mol. The number of carbonyl (C=O) groups excluding carboxylic acids is 2. The SMILES string of the molecule is CC/C=C\C/C=C\C/C=C\C/C=C\C/C=C\CCCC(=O)OC[C@H](COP(=O)(O)O)OC(=O)CCCCCCCCCCCCCCCCCC. The van der Waals surface area contributed by atoms with Crippen molar-refractivity contribution in [2.24, 2.45) is 0 Å². The van der Waals surface area contributed by atoms with Crippen molar-refractivity contribution in [2.75, 3.05) is 13.2 Å². The van der Waals surface area contributed by atoms with E-state index < -0.39 is 32.5 Å². The van der Waals surface area contributed by atoms with Gasteiger partial charge in [0.05, 0.1) is 6.61 Å². The second kappa shape index (κ2) is 37.5. The number of ether oxygens (including phenoxy) is 2. The summed E-state index contributed by atoms with van der Waals surface area (Å²) >= 11 is 0. The lowest BCUT2D eigenvalue weighted by Crippen LogP contribution is -2.29.